The largest absolute Gasteiger partial charge is 0.444 e. The van der Waals surface area contributed by atoms with E-state index in [0.29, 0.717) is 26.1 Å². The van der Waals surface area contributed by atoms with Crippen LogP contribution in [-0.4, -0.2) is 63.0 Å². The Labute approximate surface area is 193 Å². The first-order chi connectivity index (χ1) is 15.2. The Morgan fingerprint density at radius 3 is 2.19 bits per heavy atom. The monoisotopic (exact) mass is 459 g/mol. The third-order valence-corrected chi connectivity index (χ3v) is 6.06. The zero-order valence-electron chi connectivity index (χ0n) is 19.1. The number of piperazine rings is 1. The molecule has 0 aliphatic carbocycles. The number of carbonyl (C=O) groups is 1. The minimum absolute atomic E-state index is 0.255. The topological polar surface area (TPSA) is 73.3 Å². The molecule has 32 heavy (non-hydrogen) atoms. The van der Waals surface area contributed by atoms with E-state index >= 15 is 0 Å². The Morgan fingerprint density at radius 2 is 1.62 bits per heavy atom. The second-order valence-corrected chi connectivity index (χ2v) is 9.88. The number of amides is 1. The molecule has 8 heteroatoms. The summed E-state index contributed by atoms with van der Waals surface area (Å²) in [6.07, 6.45) is 0.436. The second kappa shape index (κ2) is 10.9. The molecule has 2 aromatic rings. The maximum Gasteiger partial charge on any atom is 0.410 e. The summed E-state index contributed by atoms with van der Waals surface area (Å²) >= 11 is -2.08. The highest BCUT2D eigenvalue weighted by atomic mass is 32.2. The van der Waals surface area contributed by atoms with Gasteiger partial charge in [-0.2, -0.15) is 0 Å². The molecule has 0 aromatic heterocycles. The molecule has 1 fully saturated rings. The molecule has 1 heterocycles. The van der Waals surface area contributed by atoms with Crippen LogP contribution in [0.4, 0.5) is 10.5 Å². The van der Waals surface area contributed by atoms with Crippen LogP contribution in [0.2, 0.25) is 0 Å². The van der Waals surface area contributed by atoms with Gasteiger partial charge in [0.2, 0.25) is 0 Å². The minimum atomic E-state index is -2.08. The molecule has 1 saturated heterocycles. The van der Waals surface area contributed by atoms with E-state index in [1.54, 1.807) is 4.90 Å². The van der Waals surface area contributed by atoms with Gasteiger partial charge in [-0.25, -0.2) is 9.00 Å². The number of hydrogen-bond donors (Lipinski definition) is 1. The highest BCUT2D eigenvalue weighted by Gasteiger charge is 2.25. The zero-order chi connectivity index (χ0) is 23.1. The summed E-state index contributed by atoms with van der Waals surface area (Å²) in [6.45, 7) is 9.71. The van der Waals surface area contributed by atoms with Crippen molar-refractivity contribution in [3.05, 3.63) is 65.7 Å². The lowest BCUT2D eigenvalue weighted by Crippen LogP contribution is -2.49. The van der Waals surface area contributed by atoms with E-state index < -0.39 is 16.9 Å². The van der Waals surface area contributed by atoms with Crippen LogP contribution in [0.5, 0.6) is 0 Å². The molecule has 0 radical (unpaired) electrons. The summed E-state index contributed by atoms with van der Waals surface area (Å²) in [4.78, 5) is 16.3. The molecule has 3 rings (SSSR count). The summed E-state index contributed by atoms with van der Waals surface area (Å²) < 4.78 is 28.6. The van der Waals surface area contributed by atoms with Crippen molar-refractivity contribution in [3.8, 4) is 0 Å². The van der Waals surface area contributed by atoms with Gasteiger partial charge >= 0.3 is 6.09 Å². The van der Waals surface area contributed by atoms with Crippen molar-refractivity contribution >= 4 is 23.0 Å². The van der Waals surface area contributed by atoms with E-state index in [-0.39, 0.29) is 6.09 Å². The Bertz CT molecular complexity index is 892. The average molecular weight is 460 g/mol. The van der Waals surface area contributed by atoms with Gasteiger partial charge in [-0.3, -0.25) is 13.8 Å². The van der Waals surface area contributed by atoms with Crippen LogP contribution in [0.25, 0.3) is 0 Å². The van der Waals surface area contributed by atoms with E-state index in [2.05, 4.69) is 4.90 Å². The van der Waals surface area contributed by atoms with Crippen LogP contribution in [0.15, 0.2) is 54.6 Å². The van der Waals surface area contributed by atoms with Crippen LogP contribution < -0.4 is 4.31 Å². The fourth-order valence-corrected chi connectivity index (χ4v) is 4.16. The van der Waals surface area contributed by atoms with Crippen LogP contribution in [-0.2, 0) is 29.0 Å². The third kappa shape index (κ3) is 7.32. The van der Waals surface area contributed by atoms with Crippen molar-refractivity contribution in [2.45, 2.75) is 39.3 Å². The summed E-state index contributed by atoms with van der Waals surface area (Å²) in [5.41, 5.74) is 2.50. The molecule has 7 nitrogen and oxygen atoms in total. The first-order valence-electron chi connectivity index (χ1n) is 10.9. The van der Waals surface area contributed by atoms with Crippen LogP contribution in [0.1, 0.15) is 31.9 Å². The van der Waals surface area contributed by atoms with Crippen LogP contribution in [0.3, 0.4) is 0 Å². The van der Waals surface area contributed by atoms with Crippen LogP contribution in [0, 0.1) is 0 Å². The lowest BCUT2D eigenvalue weighted by Gasteiger charge is -2.35. The van der Waals surface area contributed by atoms with Gasteiger partial charge < -0.3 is 9.64 Å². The summed E-state index contributed by atoms with van der Waals surface area (Å²) in [5.74, 6) is 0. The van der Waals surface area contributed by atoms with Gasteiger partial charge in [-0.1, -0.05) is 42.5 Å². The van der Waals surface area contributed by atoms with Crippen molar-refractivity contribution in [2.75, 3.05) is 37.0 Å². The lowest BCUT2D eigenvalue weighted by atomic mass is 10.1. The van der Waals surface area contributed by atoms with Crippen LogP contribution >= 0.6 is 0 Å². The van der Waals surface area contributed by atoms with Crippen molar-refractivity contribution in [3.63, 3.8) is 0 Å². The first-order valence-corrected chi connectivity index (χ1v) is 12.0. The SMILES string of the molecule is CC(C)(C)OC(=O)N1CCN(Cc2ccc(N(CCc3ccccc3)S(=O)O)cc2)CC1. The lowest BCUT2D eigenvalue weighted by molar-refractivity contribution is 0.0139. The fraction of sp³-hybridized carbons (Fsp3) is 0.458. The number of carbonyl (C=O) groups excluding carboxylic acids is 1. The molecule has 0 spiro atoms. The van der Waals surface area contributed by atoms with Gasteiger partial charge in [0.25, 0.3) is 11.3 Å². The highest BCUT2D eigenvalue weighted by Crippen LogP contribution is 2.19. The molecule has 0 bridgehead atoms. The van der Waals surface area contributed by atoms with E-state index in [4.69, 9.17) is 4.74 Å². The summed E-state index contributed by atoms with van der Waals surface area (Å²) in [6, 6.07) is 17.7. The molecule has 1 amide bonds. The Hall–Kier alpha value is -2.42. The Balaban J connectivity index is 1.51. The highest BCUT2D eigenvalue weighted by molar-refractivity contribution is 7.80. The maximum absolute atomic E-state index is 12.2. The van der Waals surface area contributed by atoms with E-state index in [1.807, 2.05) is 75.4 Å². The fourth-order valence-electron chi connectivity index (χ4n) is 3.61. The number of nitrogens with zero attached hydrogens (tertiary/aromatic N) is 3. The van der Waals surface area contributed by atoms with Crippen molar-refractivity contribution in [2.24, 2.45) is 0 Å². The molecule has 0 saturated carbocycles. The summed E-state index contributed by atoms with van der Waals surface area (Å²) in [5, 5.41) is 0. The number of rotatable bonds is 7. The second-order valence-electron chi connectivity index (χ2n) is 8.98. The Morgan fingerprint density at radius 1 is 1.00 bits per heavy atom. The third-order valence-electron chi connectivity index (χ3n) is 5.29. The van der Waals surface area contributed by atoms with Gasteiger partial charge in [0.15, 0.2) is 0 Å². The number of anilines is 1. The van der Waals surface area contributed by atoms with Crippen molar-refractivity contribution in [1.29, 1.82) is 0 Å². The van der Waals surface area contributed by atoms with Crippen molar-refractivity contribution < 1.29 is 18.3 Å². The average Bonchev–Trinajstić information content (AvgIpc) is 2.75. The molecule has 1 aliphatic heterocycles. The molecule has 174 valence electrons. The first kappa shape index (κ1) is 24.2. The molecule has 2 aromatic carbocycles. The molecule has 1 aliphatic rings. The van der Waals surface area contributed by atoms with Gasteiger partial charge in [0, 0.05) is 39.3 Å². The number of hydrogen-bond acceptors (Lipinski definition) is 4. The molecular weight excluding hydrogens is 426 g/mol. The van der Waals surface area contributed by atoms with Gasteiger partial charge in [0.1, 0.15) is 5.60 Å². The predicted octanol–water partition coefficient (Wildman–Crippen LogP) is 3.93. The van der Waals surface area contributed by atoms with Gasteiger partial charge in [-0.05, 0) is 50.5 Å². The molecular formula is C24H33N3O4S. The normalized spacial score (nSPS) is 15.9. The molecule has 1 atom stereocenters. The number of benzene rings is 2. The quantitative estimate of drug-likeness (QED) is 0.635. The number of ether oxygens (including phenoxy) is 1. The van der Waals surface area contributed by atoms with Gasteiger partial charge in [0.05, 0.1) is 5.69 Å². The molecule has 1 N–H and O–H groups in total. The zero-order valence-corrected chi connectivity index (χ0v) is 19.9. The maximum atomic E-state index is 12.2. The standard InChI is InChI=1S/C24H33N3O4S/c1-24(2,3)31-23(28)26-17-15-25(16-18-26)19-21-9-11-22(12-10-21)27(32(29)30)14-13-20-7-5-4-6-8-20/h4-12H,13-19H2,1-3H3,(H,29,30). The molecule has 1 unspecified atom stereocenters. The smallest absolute Gasteiger partial charge is 0.410 e. The Kier molecular flexibility index (Phi) is 8.28. The van der Waals surface area contributed by atoms with Crippen molar-refractivity contribution in [1.82, 2.24) is 9.80 Å². The van der Waals surface area contributed by atoms with E-state index in [9.17, 15) is 13.6 Å². The van der Waals surface area contributed by atoms with E-state index in [0.717, 1.165) is 36.4 Å². The minimum Gasteiger partial charge on any atom is -0.444 e. The van der Waals surface area contributed by atoms with E-state index in [1.165, 1.54) is 4.31 Å². The predicted molar refractivity (Wildman–Crippen MR) is 128 cm³/mol. The summed E-state index contributed by atoms with van der Waals surface area (Å²) in [7, 11) is 0. The van der Waals surface area contributed by atoms with Gasteiger partial charge in [-0.15, -0.1) is 0 Å².